The van der Waals surface area contributed by atoms with Crippen LogP contribution in [0.5, 0.6) is 0 Å². The van der Waals surface area contributed by atoms with Crippen molar-refractivity contribution in [1.29, 1.82) is 0 Å². The van der Waals surface area contributed by atoms with Crippen molar-refractivity contribution in [2.45, 2.75) is 66.3 Å². The molecular weight excluding hydrogens is 274 g/mol. The van der Waals surface area contributed by atoms with Gasteiger partial charge in [0.25, 0.3) is 0 Å². The van der Waals surface area contributed by atoms with Crippen LogP contribution >= 0.6 is 0 Å². The number of hydrogen-bond acceptors (Lipinski definition) is 3. The minimum absolute atomic E-state index is 0.128. The topological polar surface area (TPSA) is 68.0 Å². The van der Waals surface area contributed by atoms with Gasteiger partial charge in [-0.2, -0.15) is 0 Å². The van der Waals surface area contributed by atoms with Crippen LogP contribution in [0.3, 0.4) is 0 Å². The number of hydrogen-bond donors (Lipinski definition) is 2. The Morgan fingerprint density at radius 2 is 1.82 bits per heavy atom. The first-order valence-corrected chi connectivity index (χ1v) is 8.12. The maximum Gasteiger partial charge on any atom is 0.241 e. The zero-order valence-corrected chi connectivity index (χ0v) is 14.6. The Bertz CT molecular complexity index is 468. The molecule has 1 unspecified atom stereocenters. The van der Waals surface area contributed by atoms with Crippen molar-refractivity contribution in [1.82, 2.24) is 4.98 Å². The Labute approximate surface area is 134 Å². The Hall–Kier alpha value is -1.42. The molecule has 0 aromatic carbocycles. The number of carbonyl (C=O) groups is 1. The van der Waals surface area contributed by atoms with E-state index in [1.165, 1.54) is 0 Å². The summed E-state index contributed by atoms with van der Waals surface area (Å²) >= 11 is 0. The van der Waals surface area contributed by atoms with Crippen molar-refractivity contribution in [2.24, 2.45) is 16.6 Å². The van der Waals surface area contributed by atoms with E-state index in [2.05, 4.69) is 44.9 Å². The van der Waals surface area contributed by atoms with Crippen molar-refractivity contribution in [3.63, 3.8) is 0 Å². The van der Waals surface area contributed by atoms with Crippen LogP contribution in [-0.4, -0.2) is 16.9 Å². The largest absolute Gasteiger partial charge is 0.325 e. The number of nitrogens with two attached hydrogens (primary N) is 1. The molecule has 4 nitrogen and oxygen atoms in total. The first kappa shape index (κ1) is 18.6. The third-order valence-electron chi connectivity index (χ3n) is 4.33. The second kappa shape index (κ2) is 7.73. The minimum atomic E-state index is -0.475. The third kappa shape index (κ3) is 6.56. The fourth-order valence-electron chi connectivity index (χ4n) is 2.86. The number of pyridine rings is 1. The normalized spacial score (nSPS) is 13.7. The van der Waals surface area contributed by atoms with Gasteiger partial charge in [0.1, 0.15) is 0 Å². The fourth-order valence-corrected chi connectivity index (χ4v) is 2.86. The SMILES string of the molecule is CCC(C)(C)CC(C)(C)CCC(N)C(=O)Nc1ccncc1. The first-order valence-electron chi connectivity index (χ1n) is 8.12. The Morgan fingerprint density at radius 3 is 2.36 bits per heavy atom. The summed E-state index contributed by atoms with van der Waals surface area (Å²) in [7, 11) is 0. The summed E-state index contributed by atoms with van der Waals surface area (Å²) in [5, 5.41) is 2.83. The maximum atomic E-state index is 12.1. The second-order valence-electron chi connectivity index (χ2n) is 7.73. The Balaban J connectivity index is 2.47. The van der Waals surface area contributed by atoms with E-state index in [9.17, 15) is 4.79 Å². The highest BCUT2D eigenvalue weighted by atomic mass is 16.2. The molecule has 1 atom stereocenters. The summed E-state index contributed by atoms with van der Waals surface area (Å²) in [6.45, 7) is 11.3. The van der Waals surface area contributed by atoms with E-state index < -0.39 is 6.04 Å². The molecule has 0 spiro atoms. The number of anilines is 1. The van der Waals surface area contributed by atoms with Crippen LogP contribution in [0.1, 0.15) is 60.3 Å². The molecule has 0 fully saturated rings. The summed E-state index contributed by atoms with van der Waals surface area (Å²) in [6.07, 6.45) is 7.24. The molecule has 1 rings (SSSR count). The highest BCUT2D eigenvalue weighted by molar-refractivity contribution is 5.94. The van der Waals surface area contributed by atoms with Crippen molar-refractivity contribution in [2.75, 3.05) is 5.32 Å². The van der Waals surface area contributed by atoms with Gasteiger partial charge in [-0.15, -0.1) is 0 Å². The number of rotatable bonds is 8. The lowest BCUT2D eigenvalue weighted by Crippen LogP contribution is -2.37. The van der Waals surface area contributed by atoms with Crippen LogP contribution in [0, 0.1) is 10.8 Å². The smallest absolute Gasteiger partial charge is 0.241 e. The van der Waals surface area contributed by atoms with Gasteiger partial charge >= 0.3 is 0 Å². The van der Waals surface area contributed by atoms with Crippen molar-refractivity contribution in [3.8, 4) is 0 Å². The van der Waals surface area contributed by atoms with Gasteiger partial charge in [-0.3, -0.25) is 9.78 Å². The van der Waals surface area contributed by atoms with Crippen LogP contribution in [0.4, 0.5) is 5.69 Å². The predicted octanol–water partition coefficient (Wildman–Crippen LogP) is 3.98. The van der Waals surface area contributed by atoms with Crippen molar-refractivity contribution < 1.29 is 4.79 Å². The minimum Gasteiger partial charge on any atom is -0.325 e. The summed E-state index contributed by atoms with van der Waals surface area (Å²) in [5.74, 6) is -0.128. The van der Waals surface area contributed by atoms with Crippen LogP contribution in [0.25, 0.3) is 0 Å². The molecule has 22 heavy (non-hydrogen) atoms. The van der Waals surface area contributed by atoms with E-state index in [0.29, 0.717) is 11.8 Å². The molecule has 124 valence electrons. The Morgan fingerprint density at radius 1 is 1.23 bits per heavy atom. The molecule has 0 aliphatic rings. The van der Waals surface area contributed by atoms with E-state index in [0.717, 1.165) is 24.9 Å². The average molecular weight is 305 g/mol. The quantitative estimate of drug-likeness (QED) is 0.763. The first-order chi connectivity index (χ1) is 10.2. The Kier molecular flexibility index (Phi) is 6.54. The number of amides is 1. The molecule has 3 N–H and O–H groups in total. The van der Waals surface area contributed by atoms with Gasteiger partial charge < -0.3 is 11.1 Å². The van der Waals surface area contributed by atoms with E-state index in [-0.39, 0.29) is 11.3 Å². The lowest BCUT2D eigenvalue weighted by Gasteiger charge is -2.35. The van der Waals surface area contributed by atoms with Crippen LogP contribution in [-0.2, 0) is 4.79 Å². The summed E-state index contributed by atoms with van der Waals surface area (Å²) in [5.41, 5.74) is 7.29. The second-order valence-corrected chi connectivity index (χ2v) is 7.73. The predicted molar refractivity (Wildman–Crippen MR) is 92.5 cm³/mol. The summed E-state index contributed by atoms with van der Waals surface area (Å²) in [4.78, 5) is 16.0. The van der Waals surface area contributed by atoms with E-state index in [4.69, 9.17) is 5.73 Å². The van der Waals surface area contributed by atoms with Gasteiger partial charge in [-0.25, -0.2) is 0 Å². The van der Waals surface area contributed by atoms with E-state index in [1.54, 1.807) is 24.5 Å². The van der Waals surface area contributed by atoms with Gasteiger partial charge in [0, 0.05) is 18.1 Å². The number of nitrogens with zero attached hydrogens (tertiary/aromatic N) is 1. The summed E-state index contributed by atoms with van der Waals surface area (Å²) < 4.78 is 0. The van der Waals surface area contributed by atoms with Gasteiger partial charge in [0.15, 0.2) is 0 Å². The lowest BCUT2D eigenvalue weighted by molar-refractivity contribution is -0.117. The zero-order valence-electron chi connectivity index (χ0n) is 14.6. The van der Waals surface area contributed by atoms with Gasteiger partial charge in [-0.1, -0.05) is 41.0 Å². The van der Waals surface area contributed by atoms with Gasteiger partial charge in [0.05, 0.1) is 6.04 Å². The monoisotopic (exact) mass is 305 g/mol. The molecule has 0 aliphatic carbocycles. The number of carbonyl (C=O) groups excluding carboxylic acids is 1. The van der Waals surface area contributed by atoms with Crippen LogP contribution in [0.15, 0.2) is 24.5 Å². The molecule has 1 aromatic heterocycles. The number of aromatic nitrogens is 1. The third-order valence-corrected chi connectivity index (χ3v) is 4.33. The summed E-state index contributed by atoms with van der Waals surface area (Å²) in [6, 6.07) is 3.05. The highest BCUT2D eigenvalue weighted by Crippen LogP contribution is 2.39. The van der Waals surface area contributed by atoms with Crippen molar-refractivity contribution >= 4 is 11.6 Å². The van der Waals surface area contributed by atoms with Crippen LogP contribution in [0.2, 0.25) is 0 Å². The fraction of sp³-hybridized carbons (Fsp3) is 0.667. The molecule has 4 heteroatoms. The molecular formula is C18H31N3O. The average Bonchev–Trinajstić information content (AvgIpc) is 2.45. The van der Waals surface area contributed by atoms with Gasteiger partial charge in [-0.05, 0) is 42.2 Å². The molecule has 1 amide bonds. The zero-order chi connectivity index (χ0) is 16.8. The molecule has 0 radical (unpaired) electrons. The molecule has 0 bridgehead atoms. The molecule has 0 aliphatic heterocycles. The maximum absolute atomic E-state index is 12.1. The molecule has 0 saturated carbocycles. The van der Waals surface area contributed by atoms with Crippen LogP contribution < -0.4 is 11.1 Å². The number of nitrogens with one attached hydrogen (secondary N) is 1. The van der Waals surface area contributed by atoms with Crippen molar-refractivity contribution in [3.05, 3.63) is 24.5 Å². The van der Waals surface area contributed by atoms with E-state index >= 15 is 0 Å². The lowest BCUT2D eigenvalue weighted by atomic mass is 9.71. The standard InChI is InChI=1S/C18H31N3O/c1-6-17(2,3)13-18(4,5)10-7-15(19)16(22)21-14-8-11-20-12-9-14/h8-9,11-12,15H,6-7,10,13,19H2,1-5H3,(H,20,21,22). The molecule has 1 heterocycles. The van der Waals surface area contributed by atoms with Gasteiger partial charge in [0.2, 0.25) is 5.91 Å². The molecule has 0 saturated heterocycles. The molecule has 1 aromatic rings. The van der Waals surface area contributed by atoms with E-state index in [1.807, 2.05) is 0 Å². The highest BCUT2D eigenvalue weighted by Gasteiger charge is 2.28.